The second kappa shape index (κ2) is 9.82. The van der Waals surface area contributed by atoms with Crippen molar-refractivity contribution in [3.63, 3.8) is 0 Å². The SMILES string of the molecule is C=CC1CCC(CCC2CCC(c3cc(F)c(CCO)c(F)c3)CC2)CC1. The normalized spacial score (nSPS) is 28.9. The van der Waals surface area contributed by atoms with Gasteiger partial charge in [-0.2, -0.15) is 0 Å². The zero-order chi connectivity index (χ0) is 19.2. The molecule has 27 heavy (non-hydrogen) atoms. The number of benzene rings is 1. The number of halogens is 2. The molecule has 2 saturated carbocycles. The summed E-state index contributed by atoms with van der Waals surface area (Å²) in [4.78, 5) is 0. The summed E-state index contributed by atoms with van der Waals surface area (Å²) < 4.78 is 28.3. The molecule has 3 heteroatoms. The fourth-order valence-corrected chi connectivity index (χ4v) is 5.18. The van der Waals surface area contributed by atoms with Crippen LogP contribution in [0.5, 0.6) is 0 Å². The first kappa shape index (κ1) is 20.5. The molecule has 0 aromatic heterocycles. The van der Waals surface area contributed by atoms with Gasteiger partial charge >= 0.3 is 0 Å². The molecular weight excluding hydrogens is 342 g/mol. The van der Waals surface area contributed by atoms with Gasteiger partial charge in [-0.1, -0.05) is 18.9 Å². The smallest absolute Gasteiger partial charge is 0.129 e. The Morgan fingerprint density at radius 1 is 0.889 bits per heavy atom. The van der Waals surface area contributed by atoms with E-state index in [4.69, 9.17) is 5.11 Å². The number of aliphatic hydroxyl groups excluding tert-OH is 1. The van der Waals surface area contributed by atoms with Crippen LogP contribution in [0, 0.1) is 29.4 Å². The highest BCUT2D eigenvalue weighted by Gasteiger charge is 2.26. The molecule has 0 spiro atoms. The Bertz CT molecular complexity index is 588. The Morgan fingerprint density at radius 2 is 1.41 bits per heavy atom. The first-order valence-electron chi connectivity index (χ1n) is 10.8. The molecule has 0 atom stereocenters. The summed E-state index contributed by atoms with van der Waals surface area (Å²) in [5.41, 5.74) is 0.814. The van der Waals surface area contributed by atoms with E-state index in [-0.39, 0.29) is 24.5 Å². The predicted octanol–water partition coefficient (Wildman–Crippen LogP) is 6.55. The van der Waals surface area contributed by atoms with Crippen LogP contribution in [0.2, 0.25) is 0 Å². The highest BCUT2D eigenvalue weighted by molar-refractivity contribution is 5.29. The quantitative estimate of drug-likeness (QED) is 0.535. The summed E-state index contributed by atoms with van der Waals surface area (Å²) in [5.74, 6) is 1.67. The average Bonchev–Trinajstić information content (AvgIpc) is 2.70. The van der Waals surface area contributed by atoms with E-state index in [2.05, 4.69) is 12.7 Å². The van der Waals surface area contributed by atoms with E-state index in [9.17, 15) is 8.78 Å². The molecule has 1 aromatic rings. The third-order valence-corrected chi connectivity index (χ3v) is 7.05. The highest BCUT2D eigenvalue weighted by Crippen LogP contribution is 2.40. The summed E-state index contributed by atoms with van der Waals surface area (Å²) in [5, 5.41) is 8.95. The summed E-state index contributed by atoms with van der Waals surface area (Å²) in [6.07, 6.45) is 14.6. The van der Waals surface area contributed by atoms with Crippen molar-refractivity contribution in [1.82, 2.24) is 0 Å². The van der Waals surface area contributed by atoms with Crippen LogP contribution in [0.3, 0.4) is 0 Å². The maximum atomic E-state index is 14.2. The minimum atomic E-state index is -0.503. The number of allylic oxidation sites excluding steroid dienone is 1. The topological polar surface area (TPSA) is 20.2 Å². The molecule has 1 nitrogen and oxygen atoms in total. The lowest BCUT2D eigenvalue weighted by atomic mass is 9.74. The van der Waals surface area contributed by atoms with Gasteiger partial charge in [0.05, 0.1) is 0 Å². The van der Waals surface area contributed by atoms with E-state index in [1.54, 1.807) is 0 Å². The molecule has 2 fully saturated rings. The molecule has 2 aliphatic rings. The number of rotatable bonds is 7. The molecule has 1 N–H and O–H groups in total. The van der Waals surface area contributed by atoms with Crippen molar-refractivity contribution in [2.24, 2.45) is 17.8 Å². The van der Waals surface area contributed by atoms with Gasteiger partial charge in [0.15, 0.2) is 0 Å². The number of hydrogen-bond donors (Lipinski definition) is 1. The van der Waals surface area contributed by atoms with Crippen LogP contribution in [-0.2, 0) is 6.42 Å². The van der Waals surface area contributed by atoms with Gasteiger partial charge in [0.25, 0.3) is 0 Å². The summed E-state index contributed by atoms with van der Waals surface area (Å²) in [6.45, 7) is 3.70. The fraction of sp³-hybridized carbons (Fsp3) is 0.667. The van der Waals surface area contributed by atoms with Crippen molar-refractivity contribution in [2.75, 3.05) is 6.61 Å². The van der Waals surface area contributed by atoms with E-state index in [0.717, 1.165) is 36.2 Å². The van der Waals surface area contributed by atoms with E-state index in [1.165, 1.54) is 63.5 Å². The average molecular weight is 377 g/mol. The monoisotopic (exact) mass is 376 g/mol. The summed E-state index contributed by atoms with van der Waals surface area (Å²) in [7, 11) is 0. The molecule has 0 unspecified atom stereocenters. The van der Waals surface area contributed by atoms with Crippen LogP contribution in [0.15, 0.2) is 24.8 Å². The molecule has 0 aliphatic heterocycles. The van der Waals surface area contributed by atoms with Gasteiger partial charge in [0.2, 0.25) is 0 Å². The van der Waals surface area contributed by atoms with Gasteiger partial charge < -0.3 is 5.11 Å². The van der Waals surface area contributed by atoms with Crippen molar-refractivity contribution in [3.05, 3.63) is 47.5 Å². The summed E-state index contributed by atoms with van der Waals surface area (Å²) in [6, 6.07) is 2.99. The molecule has 0 radical (unpaired) electrons. The van der Waals surface area contributed by atoms with Crippen molar-refractivity contribution in [2.45, 2.75) is 76.5 Å². The van der Waals surface area contributed by atoms with Gasteiger partial charge in [-0.05, 0) is 92.7 Å². The second-order valence-corrected chi connectivity index (χ2v) is 8.75. The van der Waals surface area contributed by atoms with Crippen molar-refractivity contribution in [3.8, 4) is 0 Å². The first-order chi connectivity index (χ1) is 13.1. The molecule has 1 aromatic carbocycles. The van der Waals surface area contributed by atoms with E-state index >= 15 is 0 Å². The molecule has 0 heterocycles. The summed E-state index contributed by atoms with van der Waals surface area (Å²) >= 11 is 0. The maximum absolute atomic E-state index is 14.2. The van der Waals surface area contributed by atoms with Gasteiger partial charge in [0, 0.05) is 18.6 Å². The zero-order valence-corrected chi connectivity index (χ0v) is 16.4. The fourth-order valence-electron chi connectivity index (χ4n) is 5.18. The Hall–Kier alpha value is -1.22. The molecule has 150 valence electrons. The van der Waals surface area contributed by atoms with Crippen LogP contribution >= 0.6 is 0 Å². The van der Waals surface area contributed by atoms with Crippen LogP contribution in [-0.4, -0.2) is 11.7 Å². The lowest BCUT2D eigenvalue weighted by Crippen LogP contribution is -2.17. The van der Waals surface area contributed by atoms with Crippen LogP contribution in [0.25, 0.3) is 0 Å². The maximum Gasteiger partial charge on any atom is 0.129 e. The lowest BCUT2D eigenvalue weighted by Gasteiger charge is -2.31. The van der Waals surface area contributed by atoms with E-state index < -0.39 is 11.6 Å². The molecule has 0 amide bonds. The van der Waals surface area contributed by atoms with E-state index in [1.807, 2.05) is 0 Å². The largest absolute Gasteiger partial charge is 0.396 e. The lowest BCUT2D eigenvalue weighted by molar-refractivity contribution is 0.246. The highest BCUT2D eigenvalue weighted by atomic mass is 19.1. The Kier molecular flexibility index (Phi) is 7.46. The van der Waals surface area contributed by atoms with Crippen LogP contribution in [0.1, 0.15) is 81.3 Å². The standard InChI is InChI=1S/C24H34F2O/c1-2-17-3-5-18(6-4-17)7-8-19-9-11-20(12-10-19)21-15-23(25)22(13-14-27)24(26)16-21/h2,15-20,27H,1,3-14H2. The Balaban J connectivity index is 1.46. The van der Waals surface area contributed by atoms with Crippen LogP contribution in [0.4, 0.5) is 8.78 Å². The van der Waals surface area contributed by atoms with Crippen molar-refractivity contribution in [1.29, 1.82) is 0 Å². The van der Waals surface area contributed by atoms with Gasteiger partial charge in [-0.3, -0.25) is 0 Å². The van der Waals surface area contributed by atoms with Crippen molar-refractivity contribution >= 4 is 0 Å². The third-order valence-electron chi connectivity index (χ3n) is 7.05. The predicted molar refractivity (Wildman–Crippen MR) is 107 cm³/mol. The van der Waals surface area contributed by atoms with Gasteiger partial charge in [-0.25, -0.2) is 8.78 Å². The Labute approximate surface area is 162 Å². The van der Waals surface area contributed by atoms with Crippen LogP contribution < -0.4 is 0 Å². The van der Waals surface area contributed by atoms with Crippen molar-refractivity contribution < 1.29 is 13.9 Å². The number of aliphatic hydroxyl groups is 1. The third kappa shape index (κ3) is 5.40. The molecule has 2 aliphatic carbocycles. The second-order valence-electron chi connectivity index (χ2n) is 8.75. The number of hydrogen-bond acceptors (Lipinski definition) is 1. The zero-order valence-electron chi connectivity index (χ0n) is 16.4. The first-order valence-corrected chi connectivity index (χ1v) is 10.8. The van der Waals surface area contributed by atoms with E-state index in [0.29, 0.717) is 0 Å². The molecule has 3 rings (SSSR count). The minimum Gasteiger partial charge on any atom is -0.396 e. The molecular formula is C24H34F2O. The molecule has 0 bridgehead atoms. The van der Waals surface area contributed by atoms with Gasteiger partial charge in [-0.15, -0.1) is 6.58 Å². The minimum absolute atomic E-state index is 0.0149. The van der Waals surface area contributed by atoms with Gasteiger partial charge in [0.1, 0.15) is 11.6 Å². The molecule has 0 saturated heterocycles. The Morgan fingerprint density at radius 3 is 1.89 bits per heavy atom.